The molecular weight excluding hydrogens is 248 g/mol. The molecule has 1 aromatic rings. The molecule has 2 rings (SSSR count). The van der Waals surface area contributed by atoms with E-state index in [0.717, 1.165) is 5.56 Å². The van der Waals surface area contributed by atoms with Crippen LogP contribution < -0.4 is 5.32 Å². The fourth-order valence-corrected chi connectivity index (χ4v) is 1.88. The number of carbonyl (C=O) groups excluding carboxylic acids is 1. The summed E-state index contributed by atoms with van der Waals surface area (Å²) in [5.74, 6) is -0.327. The van der Waals surface area contributed by atoms with Crippen molar-refractivity contribution in [2.24, 2.45) is 5.16 Å². The van der Waals surface area contributed by atoms with Crippen molar-refractivity contribution in [2.75, 3.05) is 27.4 Å². The van der Waals surface area contributed by atoms with Gasteiger partial charge in [0.25, 0.3) is 5.91 Å². The van der Waals surface area contributed by atoms with Crippen LogP contribution in [0, 0.1) is 0 Å². The molecule has 1 aliphatic rings. The van der Waals surface area contributed by atoms with E-state index in [1.165, 1.54) is 7.11 Å². The van der Waals surface area contributed by atoms with Crippen molar-refractivity contribution in [3.63, 3.8) is 0 Å². The van der Waals surface area contributed by atoms with Gasteiger partial charge in [0.2, 0.25) is 0 Å². The highest BCUT2D eigenvalue weighted by atomic mass is 16.7. The Bertz CT molecular complexity index is 481. The zero-order valence-electron chi connectivity index (χ0n) is 10.9. The lowest BCUT2D eigenvalue weighted by Crippen LogP contribution is -2.29. The van der Waals surface area contributed by atoms with Gasteiger partial charge in [0.15, 0.2) is 12.0 Å². The lowest BCUT2D eigenvalue weighted by Gasteiger charge is -2.14. The summed E-state index contributed by atoms with van der Waals surface area (Å²) < 4.78 is 10.9. The summed E-state index contributed by atoms with van der Waals surface area (Å²) in [6.07, 6.45) is -0.470. The number of amides is 1. The summed E-state index contributed by atoms with van der Waals surface area (Å²) in [5, 5.41) is 6.33. The number of rotatable bonds is 4. The first-order valence-electron chi connectivity index (χ1n) is 5.93. The van der Waals surface area contributed by atoms with E-state index < -0.39 is 6.29 Å². The van der Waals surface area contributed by atoms with E-state index in [9.17, 15) is 4.79 Å². The number of nitrogens with zero attached hydrogens (tertiary/aromatic N) is 1. The minimum atomic E-state index is -0.470. The number of oxime groups is 1. The highest BCUT2D eigenvalue weighted by Gasteiger charge is 2.25. The number of hydrogen-bond donors (Lipinski definition) is 1. The van der Waals surface area contributed by atoms with Crippen LogP contribution in [0.3, 0.4) is 0 Å². The SMILES string of the molecule is CNC(=O)/C(=N/OC)c1ccccc1C1OCCO1. The van der Waals surface area contributed by atoms with Gasteiger partial charge in [-0.25, -0.2) is 0 Å². The zero-order valence-corrected chi connectivity index (χ0v) is 10.9. The molecule has 1 amide bonds. The van der Waals surface area contributed by atoms with Gasteiger partial charge in [-0.05, 0) is 0 Å². The van der Waals surface area contributed by atoms with Gasteiger partial charge in [-0.1, -0.05) is 29.4 Å². The third kappa shape index (κ3) is 2.91. The molecule has 0 atom stereocenters. The monoisotopic (exact) mass is 264 g/mol. The number of likely N-dealkylation sites (N-methyl/N-ethyl adjacent to an activating group) is 1. The molecule has 1 heterocycles. The van der Waals surface area contributed by atoms with E-state index in [2.05, 4.69) is 10.5 Å². The first kappa shape index (κ1) is 13.5. The molecule has 0 aromatic heterocycles. The molecule has 0 aliphatic carbocycles. The maximum atomic E-state index is 11.9. The molecule has 1 N–H and O–H groups in total. The Morgan fingerprint density at radius 2 is 2.05 bits per heavy atom. The Morgan fingerprint density at radius 1 is 1.37 bits per heavy atom. The molecule has 19 heavy (non-hydrogen) atoms. The smallest absolute Gasteiger partial charge is 0.273 e. The van der Waals surface area contributed by atoms with E-state index in [1.807, 2.05) is 18.2 Å². The van der Waals surface area contributed by atoms with Crippen molar-refractivity contribution < 1.29 is 19.1 Å². The van der Waals surface area contributed by atoms with Gasteiger partial charge in [-0.2, -0.15) is 0 Å². The van der Waals surface area contributed by atoms with E-state index in [1.54, 1.807) is 13.1 Å². The quantitative estimate of drug-likeness (QED) is 0.646. The molecule has 102 valence electrons. The Labute approximate surface area is 111 Å². The molecule has 1 saturated heterocycles. The van der Waals surface area contributed by atoms with E-state index in [0.29, 0.717) is 18.8 Å². The Morgan fingerprint density at radius 3 is 2.68 bits per heavy atom. The molecule has 0 radical (unpaired) electrons. The summed E-state index contributed by atoms with van der Waals surface area (Å²) in [5.41, 5.74) is 1.59. The average molecular weight is 264 g/mol. The molecular formula is C13H16N2O4. The number of carbonyl (C=O) groups is 1. The van der Waals surface area contributed by atoms with Crippen molar-refractivity contribution in [1.29, 1.82) is 0 Å². The summed E-state index contributed by atoms with van der Waals surface area (Å²) in [6, 6.07) is 7.31. The lowest BCUT2D eigenvalue weighted by molar-refractivity contribution is -0.114. The van der Waals surface area contributed by atoms with Crippen LogP contribution in [0.5, 0.6) is 0 Å². The van der Waals surface area contributed by atoms with Crippen molar-refractivity contribution >= 4 is 11.6 Å². The van der Waals surface area contributed by atoms with Crippen LogP contribution in [0.25, 0.3) is 0 Å². The maximum absolute atomic E-state index is 11.9. The summed E-state index contributed by atoms with van der Waals surface area (Å²) in [6.45, 7) is 1.07. The molecule has 6 heteroatoms. The van der Waals surface area contributed by atoms with Crippen molar-refractivity contribution in [1.82, 2.24) is 5.32 Å². The van der Waals surface area contributed by atoms with Crippen LogP contribution in [0.1, 0.15) is 17.4 Å². The molecule has 0 unspecified atom stereocenters. The number of hydrogen-bond acceptors (Lipinski definition) is 5. The number of benzene rings is 1. The van der Waals surface area contributed by atoms with Crippen LogP contribution in [0.2, 0.25) is 0 Å². The standard InChI is InChI=1S/C13H16N2O4/c1-14-12(16)11(15-17-2)9-5-3-4-6-10(9)13-18-7-8-19-13/h3-6,13H,7-8H2,1-2H3,(H,14,16)/b15-11+. The topological polar surface area (TPSA) is 69.2 Å². The summed E-state index contributed by atoms with van der Waals surface area (Å²) in [7, 11) is 2.94. The number of nitrogens with one attached hydrogen (secondary N) is 1. The summed E-state index contributed by atoms with van der Waals surface area (Å²) in [4.78, 5) is 16.6. The zero-order chi connectivity index (χ0) is 13.7. The molecule has 1 aromatic carbocycles. The second kappa shape index (κ2) is 6.31. The first-order valence-corrected chi connectivity index (χ1v) is 5.93. The van der Waals surface area contributed by atoms with Crippen molar-refractivity contribution in [3.05, 3.63) is 35.4 Å². The molecule has 0 saturated carbocycles. The van der Waals surface area contributed by atoms with E-state index >= 15 is 0 Å². The first-order chi connectivity index (χ1) is 9.27. The minimum absolute atomic E-state index is 0.194. The predicted octanol–water partition coefficient (Wildman–Crippen LogP) is 0.828. The van der Waals surface area contributed by atoms with E-state index in [4.69, 9.17) is 14.3 Å². The van der Waals surface area contributed by atoms with Crippen LogP contribution >= 0.6 is 0 Å². The Kier molecular flexibility index (Phi) is 4.48. The van der Waals surface area contributed by atoms with Gasteiger partial charge >= 0.3 is 0 Å². The van der Waals surface area contributed by atoms with Gasteiger partial charge in [-0.3, -0.25) is 4.79 Å². The Balaban J connectivity index is 2.42. The molecule has 0 bridgehead atoms. The van der Waals surface area contributed by atoms with E-state index in [-0.39, 0.29) is 11.6 Å². The normalized spacial score (nSPS) is 16.4. The highest BCUT2D eigenvalue weighted by Crippen LogP contribution is 2.26. The molecule has 1 aliphatic heterocycles. The predicted molar refractivity (Wildman–Crippen MR) is 68.7 cm³/mol. The lowest BCUT2D eigenvalue weighted by atomic mass is 10.0. The van der Waals surface area contributed by atoms with Gasteiger partial charge < -0.3 is 19.6 Å². The second-order valence-electron chi connectivity index (χ2n) is 3.86. The van der Waals surface area contributed by atoms with Crippen molar-refractivity contribution in [3.8, 4) is 0 Å². The van der Waals surface area contributed by atoms with Gasteiger partial charge in [0.05, 0.1) is 13.2 Å². The third-order valence-corrected chi connectivity index (χ3v) is 2.72. The molecule has 0 spiro atoms. The van der Waals surface area contributed by atoms with Crippen LogP contribution in [0.4, 0.5) is 0 Å². The Hall–Kier alpha value is -1.92. The fourth-order valence-electron chi connectivity index (χ4n) is 1.88. The van der Waals surface area contributed by atoms with Crippen LogP contribution in [-0.4, -0.2) is 39.0 Å². The second-order valence-corrected chi connectivity index (χ2v) is 3.86. The molecule has 1 fully saturated rings. The largest absolute Gasteiger partial charge is 0.398 e. The number of ether oxygens (including phenoxy) is 2. The third-order valence-electron chi connectivity index (χ3n) is 2.72. The van der Waals surface area contributed by atoms with Gasteiger partial charge in [-0.15, -0.1) is 0 Å². The van der Waals surface area contributed by atoms with Crippen LogP contribution in [0.15, 0.2) is 29.4 Å². The van der Waals surface area contributed by atoms with Gasteiger partial charge in [0, 0.05) is 18.2 Å². The summed E-state index contributed by atoms with van der Waals surface area (Å²) >= 11 is 0. The average Bonchev–Trinajstić information content (AvgIpc) is 2.98. The fraction of sp³-hybridized carbons (Fsp3) is 0.385. The highest BCUT2D eigenvalue weighted by molar-refractivity contribution is 6.45. The maximum Gasteiger partial charge on any atom is 0.273 e. The van der Waals surface area contributed by atoms with Crippen molar-refractivity contribution in [2.45, 2.75) is 6.29 Å². The minimum Gasteiger partial charge on any atom is -0.398 e. The van der Waals surface area contributed by atoms with Gasteiger partial charge in [0.1, 0.15) is 7.11 Å². The van der Waals surface area contributed by atoms with Crippen LogP contribution in [-0.2, 0) is 19.1 Å². The molecule has 6 nitrogen and oxygen atoms in total.